The van der Waals surface area contributed by atoms with E-state index in [1.165, 1.54) is 22.3 Å². The van der Waals surface area contributed by atoms with Gasteiger partial charge in [0.1, 0.15) is 5.75 Å². The normalized spacial score (nSPS) is 12.4. The van der Waals surface area contributed by atoms with E-state index in [0.29, 0.717) is 12.0 Å². The average molecular weight is 431 g/mol. The highest BCUT2D eigenvalue weighted by Crippen LogP contribution is 2.35. The molecular formula is C29H38N2O. The summed E-state index contributed by atoms with van der Waals surface area (Å²) in [5, 5.41) is 0. The Morgan fingerprint density at radius 2 is 1.56 bits per heavy atom. The summed E-state index contributed by atoms with van der Waals surface area (Å²) in [6.07, 6.45) is 1.98. The molecular weight excluding hydrogens is 392 g/mol. The molecule has 170 valence electrons. The molecule has 32 heavy (non-hydrogen) atoms. The van der Waals surface area contributed by atoms with Crippen molar-refractivity contribution in [2.45, 2.75) is 60.0 Å². The molecule has 0 aliphatic heterocycles. The third-order valence-electron chi connectivity index (χ3n) is 6.42. The molecule has 0 fully saturated rings. The van der Waals surface area contributed by atoms with Gasteiger partial charge in [-0.15, -0.1) is 0 Å². The summed E-state index contributed by atoms with van der Waals surface area (Å²) in [6, 6.07) is 19.8. The van der Waals surface area contributed by atoms with Gasteiger partial charge in [-0.2, -0.15) is 0 Å². The highest BCUT2D eigenvalue weighted by atomic mass is 16.5. The summed E-state index contributed by atoms with van der Waals surface area (Å²) in [6.45, 7) is 11.9. The zero-order chi connectivity index (χ0) is 23.3. The van der Waals surface area contributed by atoms with E-state index < -0.39 is 0 Å². The van der Waals surface area contributed by atoms with Crippen molar-refractivity contribution in [1.82, 2.24) is 9.88 Å². The number of nitrogens with zero attached hydrogens (tertiary/aromatic N) is 2. The summed E-state index contributed by atoms with van der Waals surface area (Å²) < 4.78 is 5.92. The number of aryl methyl sites for hydroxylation is 3. The lowest BCUT2D eigenvalue weighted by Gasteiger charge is -2.32. The number of hydrogen-bond donors (Lipinski definition) is 0. The molecule has 0 aliphatic rings. The van der Waals surface area contributed by atoms with Crippen LogP contribution in [0.2, 0.25) is 0 Å². The molecule has 2 aromatic carbocycles. The number of rotatable bonds is 9. The minimum atomic E-state index is 0.326. The highest BCUT2D eigenvalue weighted by Gasteiger charge is 2.23. The maximum atomic E-state index is 5.92. The van der Waals surface area contributed by atoms with Crippen molar-refractivity contribution in [3.8, 4) is 17.0 Å². The molecule has 1 aromatic heterocycles. The quantitative estimate of drug-likeness (QED) is 0.365. The third kappa shape index (κ3) is 5.05. The Morgan fingerprint density at radius 1 is 0.938 bits per heavy atom. The fourth-order valence-electron chi connectivity index (χ4n) is 4.89. The van der Waals surface area contributed by atoms with E-state index >= 15 is 0 Å². The van der Waals surface area contributed by atoms with Gasteiger partial charge in [-0.3, -0.25) is 9.88 Å². The molecule has 0 saturated carbocycles. The Kier molecular flexibility index (Phi) is 8.09. The van der Waals surface area contributed by atoms with E-state index in [4.69, 9.17) is 9.72 Å². The molecule has 0 amide bonds. The maximum absolute atomic E-state index is 5.92. The molecule has 0 bridgehead atoms. The standard InChI is InChI=1S/C29H38N2O/c1-8-22-16-13-17-23(9-2)28(22)26-18-27(32-7)25(21(5)30-26)19-31(6)29(20(3)4)24-14-11-10-12-15-24/h10-18,20,29H,8-9,19H2,1-7H3. The van der Waals surface area contributed by atoms with Crippen LogP contribution in [-0.2, 0) is 19.4 Å². The number of methoxy groups -OCH3 is 1. The number of benzene rings is 2. The molecule has 1 heterocycles. The van der Waals surface area contributed by atoms with Crippen LogP contribution < -0.4 is 4.74 Å². The van der Waals surface area contributed by atoms with Crippen LogP contribution in [0.5, 0.6) is 5.75 Å². The van der Waals surface area contributed by atoms with Crippen molar-refractivity contribution >= 4 is 0 Å². The third-order valence-corrected chi connectivity index (χ3v) is 6.42. The fraction of sp³-hybridized carbons (Fsp3) is 0.414. The maximum Gasteiger partial charge on any atom is 0.127 e. The highest BCUT2D eigenvalue weighted by molar-refractivity contribution is 5.70. The average Bonchev–Trinajstić information content (AvgIpc) is 2.80. The van der Waals surface area contributed by atoms with Gasteiger partial charge in [0.25, 0.3) is 0 Å². The Bertz CT molecular complexity index is 1000. The van der Waals surface area contributed by atoms with E-state index in [0.717, 1.165) is 42.1 Å². The van der Waals surface area contributed by atoms with Crippen molar-refractivity contribution in [2.75, 3.05) is 14.2 Å². The van der Waals surface area contributed by atoms with E-state index in [2.05, 4.69) is 101 Å². The number of hydrogen-bond acceptors (Lipinski definition) is 3. The van der Waals surface area contributed by atoms with Gasteiger partial charge < -0.3 is 4.74 Å². The fourth-order valence-corrected chi connectivity index (χ4v) is 4.89. The lowest BCUT2D eigenvalue weighted by Crippen LogP contribution is -2.28. The first-order valence-corrected chi connectivity index (χ1v) is 11.8. The number of aromatic nitrogens is 1. The monoisotopic (exact) mass is 430 g/mol. The van der Waals surface area contributed by atoms with Crippen LogP contribution in [0.3, 0.4) is 0 Å². The second-order valence-corrected chi connectivity index (χ2v) is 8.95. The lowest BCUT2D eigenvalue weighted by atomic mass is 9.93. The predicted octanol–water partition coefficient (Wildman–Crippen LogP) is 7.02. The van der Waals surface area contributed by atoms with Crippen LogP contribution in [-0.4, -0.2) is 24.0 Å². The topological polar surface area (TPSA) is 25.4 Å². The minimum Gasteiger partial charge on any atom is -0.496 e. The van der Waals surface area contributed by atoms with Gasteiger partial charge in [0, 0.05) is 35.5 Å². The minimum absolute atomic E-state index is 0.326. The van der Waals surface area contributed by atoms with Crippen LogP contribution >= 0.6 is 0 Å². The van der Waals surface area contributed by atoms with Crippen molar-refractivity contribution < 1.29 is 4.74 Å². The second-order valence-electron chi connectivity index (χ2n) is 8.95. The Labute approximate surface area is 194 Å². The molecule has 3 heteroatoms. The van der Waals surface area contributed by atoms with Crippen LogP contribution in [0.1, 0.15) is 61.7 Å². The zero-order valence-electron chi connectivity index (χ0n) is 20.8. The molecule has 3 nitrogen and oxygen atoms in total. The first-order valence-electron chi connectivity index (χ1n) is 11.8. The smallest absolute Gasteiger partial charge is 0.127 e. The number of pyridine rings is 1. The van der Waals surface area contributed by atoms with Gasteiger partial charge in [-0.25, -0.2) is 0 Å². The zero-order valence-corrected chi connectivity index (χ0v) is 20.8. The number of ether oxygens (including phenoxy) is 1. The molecule has 3 aromatic rings. The van der Waals surface area contributed by atoms with Gasteiger partial charge in [0.15, 0.2) is 0 Å². The summed E-state index contributed by atoms with van der Waals surface area (Å²) in [4.78, 5) is 7.51. The summed E-state index contributed by atoms with van der Waals surface area (Å²) in [7, 11) is 3.97. The first kappa shape index (κ1) is 24.0. The molecule has 0 radical (unpaired) electrons. The van der Waals surface area contributed by atoms with Gasteiger partial charge in [-0.1, -0.05) is 76.2 Å². The van der Waals surface area contributed by atoms with E-state index in [1.54, 1.807) is 7.11 Å². The van der Waals surface area contributed by atoms with Gasteiger partial charge in [-0.05, 0) is 49.4 Å². The molecule has 1 unspecified atom stereocenters. The van der Waals surface area contributed by atoms with Gasteiger partial charge in [0.05, 0.1) is 12.8 Å². The largest absolute Gasteiger partial charge is 0.496 e. The summed E-state index contributed by atoms with van der Waals surface area (Å²) >= 11 is 0. The van der Waals surface area contributed by atoms with Crippen LogP contribution in [0.15, 0.2) is 54.6 Å². The molecule has 1 atom stereocenters. The summed E-state index contributed by atoms with van der Waals surface area (Å²) in [5.41, 5.74) is 8.50. The van der Waals surface area contributed by atoms with Crippen LogP contribution in [0, 0.1) is 12.8 Å². The van der Waals surface area contributed by atoms with Crippen molar-refractivity contribution in [3.05, 3.63) is 82.5 Å². The molecule has 0 N–H and O–H groups in total. The molecule has 0 saturated heterocycles. The van der Waals surface area contributed by atoms with Gasteiger partial charge >= 0.3 is 0 Å². The Balaban J connectivity index is 2.01. The molecule has 0 spiro atoms. The van der Waals surface area contributed by atoms with Crippen LogP contribution in [0.25, 0.3) is 11.3 Å². The molecule has 3 rings (SSSR count). The van der Waals surface area contributed by atoms with E-state index in [-0.39, 0.29) is 0 Å². The lowest BCUT2D eigenvalue weighted by molar-refractivity contribution is 0.183. The van der Waals surface area contributed by atoms with Crippen molar-refractivity contribution in [3.63, 3.8) is 0 Å². The van der Waals surface area contributed by atoms with Crippen LogP contribution in [0.4, 0.5) is 0 Å². The predicted molar refractivity (Wildman–Crippen MR) is 135 cm³/mol. The molecule has 0 aliphatic carbocycles. The van der Waals surface area contributed by atoms with Crippen molar-refractivity contribution in [1.29, 1.82) is 0 Å². The Hall–Kier alpha value is -2.65. The SMILES string of the molecule is CCc1cccc(CC)c1-c1cc(OC)c(CN(C)C(c2ccccc2)C(C)C)c(C)n1. The Morgan fingerprint density at radius 3 is 2.09 bits per heavy atom. The summed E-state index contributed by atoms with van der Waals surface area (Å²) in [5.74, 6) is 1.41. The van der Waals surface area contributed by atoms with Crippen molar-refractivity contribution in [2.24, 2.45) is 5.92 Å². The van der Waals surface area contributed by atoms with Gasteiger partial charge in [0.2, 0.25) is 0 Å². The second kappa shape index (κ2) is 10.8. The van der Waals surface area contributed by atoms with E-state index in [1.807, 2.05) is 0 Å². The van der Waals surface area contributed by atoms with E-state index in [9.17, 15) is 0 Å². The first-order chi connectivity index (χ1) is 15.4.